The van der Waals surface area contributed by atoms with Gasteiger partial charge in [0.1, 0.15) is 18.5 Å². The van der Waals surface area contributed by atoms with Crippen LogP contribution in [0.5, 0.6) is 11.6 Å². The van der Waals surface area contributed by atoms with Crippen molar-refractivity contribution < 1.29 is 14.2 Å². The number of fused-ring (bicyclic) bond motifs is 1. The van der Waals surface area contributed by atoms with Gasteiger partial charge in [-0.15, -0.1) is 0 Å². The second kappa shape index (κ2) is 12.8. The number of piperazine rings is 1. The minimum Gasteiger partial charge on any atom is -0.489 e. The fraction of sp³-hybridized carbons (Fsp3) is 0.552. The number of anilines is 2. The second-order valence-electron chi connectivity index (χ2n) is 10.5. The summed E-state index contributed by atoms with van der Waals surface area (Å²) >= 11 is 0. The molecule has 0 bridgehead atoms. The predicted octanol–water partition coefficient (Wildman–Crippen LogP) is 2.95. The molecular weight excluding hydrogens is 494 g/mol. The van der Waals surface area contributed by atoms with Gasteiger partial charge in [0.2, 0.25) is 11.8 Å². The first kappa shape index (κ1) is 26.0. The summed E-state index contributed by atoms with van der Waals surface area (Å²) in [5.74, 6) is 3.07. The Morgan fingerprint density at radius 3 is 2.54 bits per heavy atom. The van der Waals surface area contributed by atoms with Crippen LogP contribution >= 0.6 is 0 Å². The lowest BCUT2D eigenvalue weighted by atomic mass is 9.93. The van der Waals surface area contributed by atoms with Crippen LogP contribution in [0.25, 0.3) is 10.8 Å². The van der Waals surface area contributed by atoms with Crippen LogP contribution in [0.3, 0.4) is 0 Å². The first-order valence-corrected chi connectivity index (χ1v) is 14.3. The number of morpholine rings is 1. The molecule has 3 fully saturated rings. The molecule has 39 heavy (non-hydrogen) atoms. The van der Waals surface area contributed by atoms with E-state index < -0.39 is 0 Å². The van der Waals surface area contributed by atoms with E-state index in [0.29, 0.717) is 24.3 Å². The Balaban J connectivity index is 0.996. The maximum Gasteiger partial charge on any atom is 0.223 e. The third-order valence-electron chi connectivity index (χ3n) is 7.83. The summed E-state index contributed by atoms with van der Waals surface area (Å²) in [4.78, 5) is 18.6. The first-order chi connectivity index (χ1) is 19.3. The van der Waals surface area contributed by atoms with E-state index in [2.05, 4.69) is 60.7 Å². The molecule has 10 nitrogen and oxygen atoms in total. The molecule has 3 aromatic rings. The summed E-state index contributed by atoms with van der Waals surface area (Å²) in [7, 11) is 0. The van der Waals surface area contributed by atoms with E-state index in [1.807, 2.05) is 0 Å². The number of ether oxygens (including phenoxy) is 3. The van der Waals surface area contributed by atoms with E-state index in [1.165, 1.54) is 0 Å². The normalized spacial score (nSPS) is 22.5. The van der Waals surface area contributed by atoms with Crippen molar-refractivity contribution in [2.75, 3.05) is 75.9 Å². The highest BCUT2D eigenvalue weighted by Crippen LogP contribution is 2.32. The first-order valence-electron chi connectivity index (χ1n) is 14.3. The van der Waals surface area contributed by atoms with Crippen LogP contribution in [-0.2, 0) is 4.74 Å². The van der Waals surface area contributed by atoms with E-state index in [9.17, 15) is 0 Å². The molecule has 3 aliphatic rings. The van der Waals surface area contributed by atoms with Crippen LogP contribution in [0.4, 0.5) is 11.8 Å². The predicted molar refractivity (Wildman–Crippen MR) is 152 cm³/mol. The minimum absolute atomic E-state index is 0.145. The summed E-state index contributed by atoms with van der Waals surface area (Å²) in [5.41, 5.74) is 0. The number of rotatable bonds is 9. The molecule has 1 aromatic carbocycles. The van der Waals surface area contributed by atoms with Gasteiger partial charge in [-0.3, -0.25) is 4.90 Å². The maximum atomic E-state index is 6.54. The number of pyridine rings is 1. The van der Waals surface area contributed by atoms with Gasteiger partial charge in [-0.25, -0.2) is 9.97 Å². The Bertz CT molecular complexity index is 1190. The van der Waals surface area contributed by atoms with Crippen molar-refractivity contribution in [2.45, 2.75) is 37.8 Å². The number of hydrogen-bond donors (Lipinski definition) is 2. The standard InChI is InChI=1S/C29H39N7O3/c1-2-4-26-22(3-1)19-27(36-14-16-37-17-15-36)34-28(26)39-24-7-5-23(6-8-24)33-29-31-20-25(21-32-29)38-18-13-35-11-9-30-10-12-35/h1-4,19-21,23-24,30H,5-18H2,(H,31,32,33). The summed E-state index contributed by atoms with van der Waals surface area (Å²) in [5, 5.41) is 9.10. The average molecular weight is 534 g/mol. The van der Waals surface area contributed by atoms with Crippen molar-refractivity contribution >= 4 is 22.5 Å². The Hall–Kier alpha value is -3.21. The van der Waals surface area contributed by atoms with Crippen LogP contribution in [0, 0.1) is 0 Å². The van der Waals surface area contributed by atoms with Crippen molar-refractivity contribution in [1.82, 2.24) is 25.2 Å². The summed E-state index contributed by atoms with van der Waals surface area (Å²) in [6.07, 6.45) is 7.59. The minimum atomic E-state index is 0.145. The number of benzene rings is 1. The zero-order chi connectivity index (χ0) is 26.3. The topological polar surface area (TPSA) is 96.9 Å². The van der Waals surface area contributed by atoms with Crippen LogP contribution in [0.2, 0.25) is 0 Å². The van der Waals surface area contributed by atoms with Gasteiger partial charge in [-0.2, -0.15) is 4.98 Å². The van der Waals surface area contributed by atoms with Crippen molar-refractivity contribution in [2.24, 2.45) is 0 Å². The summed E-state index contributed by atoms with van der Waals surface area (Å²) in [6.45, 7) is 9.00. The van der Waals surface area contributed by atoms with Gasteiger partial charge in [-0.1, -0.05) is 18.2 Å². The molecule has 0 amide bonds. The van der Waals surface area contributed by atoms with E-state index >= 15 is 0 Å². The SMILES string of the molecule is c1ccc2c(OC3CCC(Nc4ncc(OCCN5CCNCC5)cn4)CC3)nc(N3CCOCC3)cc2c1. The van der Waals surface area contributed by atoms with Crippen molar-refractivity contribution in [1.29, 1.82) is 0 Å². The lowest BCUT2D eigenvalue weighted by Crippen LogP contribution is -2.44. The number of hydrogen-bond acceptors (Lipinski definition) is 10. The highest BCUT2D eigenvalue weighted by molar-refractivity contribution is 5.89. The molecule has 0 unspecified atom stereocenters. The molecule has 10 heteroatoms. The highest BCUT2D eigenvalue weighted by atomic mass is 16.5. The van der Waals surface area contributed by atoms with Crippen LogP contribution in [0.15, 0.2) is 42.7 Å². The zero-order valence-corrected chi connectivity index (χ0v) is 22.6. The molecule has 4 heterocycles. The molecular formula is C29H39N7O3. The molecule has 6 rings (SSSR count). The molecule has 1 saturated carbocycles. The number of nitrogens with one attached hydrogen (secondary N) is 2. The average Bonchev–Trinajstić information content (AvgIpc) is 3.00. The van der Waals surface area contributed by atoms with Gasteiger partial charge in [0.15, 0.2) is 5.75 Å². The zero-order valence-electron chi connectivity index (χ0n) is 22.6. The van der Waals surface area contributed by atoms with E-state index in [0.717, 1.165) is 107 Å². The monoisotopic (exact) mass is 533 g/mol. The summed E-state index contributed by atoms with van der Waals surface area (Å²) < 4.78 is 17.9. The molecule has 208 valence electrons. The largest absolute Gasteiger partial charge is 0.489 e. The number of nitrogens with zero attached hydrogens (tertiary/aromatic N) is 5. The van der Waals surface area contributed by atoms with Crippen molar-refractivity contribution in [3.05, 3.63) is 42.7 Å². The number of aromatic nitrogens is 3. The molecule has 0 spiro atoms. The fourth-order valence-corrected chi connectivity index (χ4v) is 5.56. The lowest BCUT2D eigenvalue weighted by molar-refractivity contribution is 0.122. The van der Waals surface area contributed by atoms with Gasteiger partial charge in [0, 0.05) is 57.2 Å². The smallest absolute Gasteiger partial charge is 0.223 e. The molecule has 2 N–H and O–H groups in total. The van der Waals surface area contributed by atoms with Crippen LogP contribution < -0.4 is 25.0 Å². The van der Waals surface area contributed by atoms with E-state index in [4.69, 9.17) is 19.2 Å². The molecule has 2 aliphatic heterocycles. The van der Waals surface area contributed by atoms with Crippen molar-refractivity contribution in [3.63, 3.8) is 0 Å². The Kier molecular flexibility index (Phi) is 8.52. The molecule has 0 atom stereocenters. The van der Waals surface area contributed by atoms with Crippen LogP contribution in [0.1, 0.15) is 25.7 Å². The van der Waals surface area contributed by atoms with Gasteiger partial charge >= 0.3 is 0 Å². The van der Waals surface area contributed by atoms with E-state index in [1.54, 1.807) is 12.4 Å². The lowest BCUT2D eigenvalue weighted by Gasteiger charge is -2.31. The fourth-order valence-electron chi connectivity index (χ4n) is 5.56. The quantitative estimate of drug-likeness (QED) is 0.427. The Morgan fingerprint density at radius 1 is 0.974 bits per heavy atom. The Labute approximate surface area is 230 Å². The second-order valence-corrected chi connectivity index (χ2v) is 10.5. The third kappa shape index (κ3) is 6.87. The summed E-state index contributed by atoms with van der Waals surface area (Å²) in [6, 6.07) is 10.8. The molecule has 2 aromatic heterocycles. The van der Waals surface area contributed by atoms with Crippen molar-refractivity contribution in [3.8, 4) is 11.6 Å². The van der Waals surface area contributed by atoms with Gasteiger partial charge < -0.3 is 29.7 Å². The van der Waals surface area contributed by atoms with Gasteiger partial charge in [-0.05, 0) is 43.2 Å². The third-order valence-corrected chi connectivity index (χ3v) is 7.83. The molecule has 1 aliphatic carbocycles. The Morgan fingerprint density at radius 2 is 1.74 bits per heavy atom. The highest BCUT2D eigenvalue weighted by Gasteiger charge is 2.25. The maximum absolute atomic E-state index is 6.54. The molecule has 0 radical (unpaired) electrons. The van der Waals surface area contributed by atoms with Crippen LogP contribution in [-0.4, -0.2) is 97.6 Å². The van der Waals surface area contributed by atoms with Gasteiger partial charge in [0.25, 0.3) is 0 Å². The molecule has 2 saturated heterocycles. The van der Waals surface area contributed by atoms with E-state index in [-0.39, 0.29) is 6.10 Å². The van der Waals surface area contributed by atoms with Gasteiger partial charge in [0.05, 0.1) is 25.6 Å².